The molecule has 0 unspecified atom stereocenters. The van der Waals surface area contributed by atoms with E-state index < -0.39 is 69.1 Å². The molecule has 3 N–H and O–H groups in total. The number of nitrogens with zero attached hydrogens (tertiary/aromatic N) is 1. The van der Waals surface area contributed by atoms with Crippen LogP contribution in [-0.4, -0.2) is 74.4 Å². The number of benzene rings is 1. The van der Waals surface area contributed by atoms with Crippen molar-refractivity contribution in [1.29, 1.82) is 0 Å². The minimum absolute atomic E-state index is 0.00357. The lowest BCUT2D eigenvalue weighted by Crippen LogP contribution is -2.69. The molecule has 1 aromatic carbocycles. The van der Waals surface area contributed by atoms with Gasteiger partial charge in [-0.15, -0.1) is 0 Å². The molecule has 220 valence electrons. The molecule has 5 atom stereocenters. The second kappa shape index (κ2) is 11.6. The first-order valence-corrected chi connectivity index (χ1v) is 15.3. The average Bonchev–Trinajstić information content (AvgIpc) is 3.27. The van der Waals surface area contributed by atoms with Crippen LogP contribution in [0.4, 0.5) is 18.9 Å². The molecule has 14 heteroatoms. The number of nitrogens with one attached hydrogen (secondary N) is 3. The van der Waals surface area contributed by atoms with Crippen LogP contribution in [0.3, 0.4) is 0 Å². The highest BCUT2D eigenvalue weighted by Crippen LogP contribution is 2.49. The van der Waals surface area contributed by atoms with Crippen LogP contribution in [0.2, 0.25) is 5.02 Å². The Hall–Kier alpha value is -2.80. The molecular formula is C26H32ClF3N4O5S. The van der Waals surface area contributed by atoms with Gasteiger partial charge in [-0.05, 0) is 56.4 Å². The van der Waals surface area contributed by atoms with Gasteiger partial charge in [0.2, 0.25) is 32.7 Å². The van der Waals surface area contributed by atoms with Gasteiger partial charge in [-0.25, -0.2) is 17.2 Å². The molecule has 9 nitrogen and oxygen atoms in total. The molecule has 40 heavy (non-hydrogen) atoms. The van der Waals surface area contributed by atoms with Crippen LogP contribution in [0.25, 0.3) is 0 Å². The van der Waals surface area contributed by atoms with Crippen molar-refractivity contribution >= 4 is 44.8 Å². The van der Waals surface area contributed by atoms with Crippen LogP contribution < -0.4 is 16.0 Å². The van der Waals surface area contributed by atoms with E-state index in [2.05, 4.69) is 16.0 Å². The Morgan fingerprint density at radius 3 is 2.62 bits per heavy atom. The normalized spacial score (nSPS) is 26.8. The van der Waals surface area contributed by atoms with Crippen molar-refractivity contribution in [3.8, 4) is 0 Å². The molecule has 0 radical (unpaired) electrons. The average molecular weight is 605 g/mol. The summed E-state index contributed by atoms with van der Waals surface area (Å²) in [6, 6.07) is 1.34. The van der Waals surface area contributed by atoms with E-state index in [0.29, 0.717) is 48.0 Å². The molecule has 5 rings (SSSR count). The number of amides is 3. The highest BCUT2D eigenvalue weighted by Gasteiger charge is 2.60. The number of piperidine rings is 2. The zero-order chi connectivity index (χ0) is 29.4. The Kier molecular flexibility index (Phi) is 8.74. The SMILES string of the molecule is Cc1c(Cl)cccc1NCC(=O)N1[C@H]2CC[C@@H]([C@H]1C(=O)N[C@H](/C=C(/F)S(C)(=O)=O)C[C@@H]1CCNC1=O)C(F)(F)C2. The van der Waals surface area contributed by atoms with Crippen LogP contribution in [-0.2, 0) is 24.2 Å². The first kappa shape index (κ1) is 30.2. The molecule has 1 saturated carbocycles. The maximum absolute atomic E-state index is 15.0. The van der Waals surface area contributed by atoms with E-state index in [4.69, 9.17) is 11.6 Å². The number of rotatable bonds is 9. The molecule has 0 aromatic heterocycles. The van der Waals surface area contributed by atoms with Gasteiger partial charge in [0.25, 0.3) is 5.92 Å². The van der Waals surface area contributed by atoms with Gasteiger partial charge in [0, 0.05) is 41.9 Å². The highest BCUT2D eigenvalue weighted by atomic mass is 35.5. The van der Waals surface area contributed by atoms with E-state index in [-0.39, 0.29) is 25.3 Å². The summed E-state index contributed by atoms with van der Waals surface area (Å²) < 4.78 is 67.9. The third-order valence-corrected chi connectivity index (χ3v) is 9.16. The van der Waals surface area contributed by atoms with E-state index in [9.17, 15) is 27.2 Å². The zero-order valence-corrected chi connectivity index (χ0v) is 23.6. The van der Waals surface area contributed by atoms with Crippen molar-refractivity contribution < 1.29 is 36.0 Å². The van der Waals surface area contributed by atoms with E-state index in [1.807, 2.05) is 0 Å². The maximum atomic E-state index is 15.0. The summed E-state index contributed by atoms with van der Waals surface area (Å²) in [6.07, 6.45) is 1.27. The molecule has 4 aliphatic rings. The molecule has 3 aliphatic heterocycles. The minimum Gasteiger partial charge on any atom is -0.376 e. The van der Waals surface area contributed by atoms with Crippen molar-refractivity contribution in [2.24, 2.45) is 11.8 Å². The summed E-state index contributed by atoms with van der Waals surface area (Å²) in [5.74, 6) is -7.20. The Morgan fingerprint density at radius 1 is 1.27 bits per heavy atom. The summed E-state index contributed by atoms with van der Waals surface area (Å²) in [6.45, 7) is 1.83. The predicted octanol–water partition coefficient (Wildman–Crippen LogP) is 2.94. The van der Waals surface area contributed by atoms with Gasteiger partial charge in [-0.1, -0.05) is 17.7 Å². The minimum atomic E-state index is -4.26. The Labute approximate surface area is 235 Å². The lowest BCUT2D eigenvalue weighted by Gasteiger charge is -2.53. The van der Waals surface area contributed by atoms with Gasteiger partial charge < -0.3 is 20.9 Å². The number of carbonyl (C=O) groups is 3. The number of hydrogen-bond acceptors (Lipinski definition) is 6. The lowest BCUT2D eigenvalue weighted by atomic mass is 9.71. The number of hydrogen-bond donors (Lipinski definition) is 3. The van der Waals surface area contributed by atoms with Gasteiger partial charge in [0.05, 0.1) is 18.5 Å². The number of anilines is 1. The Morgan fingerprint density at radius 2 is 2.00 bits per heavy atom. The van der Waals surface area contributed by atoms with Crippen LogP contribution >= 0.6 is 11.6 Å². The molecule has 1 aliphatic carbocycles. The van der Waals surface area contributed by atoms with E-state index >= 15 is 8.78 Å². The second-order valence-corrected chi connectivity index (χ2v) is 13.0. The number of halogens is 4. The summed E-state index contributed by atoms with van der Waals surface area (Å²) in [4.78, 5) is 40.3. The number of sulfone groups is 1. The fraction of sp³-hybridized carbons (Fsp3) is 0.577. The van der Waals surface area contributed by atoms with Crippen LogP contribution in [0.5, 0.6) is 0 Å². The molecule has 2 bridgehead atoms. The zero-order valence-electron chi connectivity index (χ0n) is 22.1. The van der Waals surface area contributed by atoms with E-state index in [1.54, 1.807) is 25.1 Å². The monoisotopic (exact) mass is 604 g/mol. The fourth-order valence-electron chi connectivity index (χ4n) is 5.82. The molecule has 3 saturated heterocycles. The van der Waals surface area contributed by atoms with Gasteiger partial charge in [0.15, 0.2) is 0 Å². The Balaban J connectivity index is 1.59. The summed E-state index contributed by atoms with van der Waals surface area (Å²) in [5, 5.41) is 7.01. The third-order valence-electron chi connectivity index (χ3n) is 7.91. The third kappa shape index (κ3) is 6.40. The maximum Gasteiger partial charge on any atom is 0.255 e. The second-order valence-electron chi connectivity index (χ2n) is 10.7. The number of fused-ring (bicyclic) bond motifs is 3. The molecule has 1 aromatic rings. The van der Waals surface area contributed by atoms with E-state index in [0.717, 1.165) is 0 Å². The predicted molar refractivity (Wildman–Crippen MR) is 143 cm³/mol. The van der Waals surface area contributed by atoms with Gasteiger partial charge in [-0.2, -0.15) is 4.39 Å². The largest absolute Gasteiger partial charge is 0.376 e. The topological polar surface area (TPSA) is 125 Å². The molecule has 4 fully saturated rings. The highest BCUT2D eigenvalue weighted by molar-refractivity contribution is 7.94. The van der Waals surface area contributed by atoms with E-state index in [1.165, 1.54) is 4.90 Å². The first-order valence-electron chi connectivity index (χ1n) is 13.0. The molecule has 3 amide bonds. The van der Waals surface area contributed by atoms with Crippen molar-refractivity contribution in [2.75, 3.05) is 24.7 Å². The molecule has 0 spiro atoms. The van der Waals surface area contributed by atoms with Gasteiger partial charge in [-0.3, -0.25) is 14.4 Å². The summed E-state index contributed by atoms with van der Waals surface area (Å²) >= 11 is 6.14. The molecular weight excluding hydrogens is 573 g/mol. The fourth-order valence-corrected chi connectivity index (χ4v) is 6.41. The van der Waals surface area contributed by atoms with Crippen molar-refractivity contribution in [3.05, 3.63) is 40.0 Å². The van der Waals surface area contributed by atoms with Crippen molar-refractivity contribution in [1.82, 2.24) is 15.5 Å². The van der Waals surface area contributed by atoms with Crippen LogP contribution in [0.1, 0.15) is 37.7 Å². The number of alkyl halides is 2. The first-order chi connectivity index (χ1) is 18.7. The van der Waals surface area contributed by atoms with Crippen molar-refractivity contribution in [2.45, 2.75) is 63.1 Å². The molecule has 3 heterocycles. The Bertz CT molecular complexity index is 1330. The van der Waals surface area contributed by atoms with Gasteiger partial charge in [0.1, 0.15) is 6.04 Å². The van der Waals surface area contributed by atoms with Crippen molar-refractivity contribution in [3.63, 3.8) is 0 Å². The quantitative estimate of drug-likeness (QED) is 0.398. The van der Waals surface area contributed by atoms with Crippen LogP contribution in [0.15, 0.2) is 29.4 Å². The smallest absolute Gasteiger partial charge is 0.255 e. The standard InChI is InChI=1S/C26H32ClF3N4O5S/c1-14-19(27)4-3-5-20(14)32-13-22(35)34-17-6-7-18(26(29,30)12-17)23(34)25(37)33-16(11-21(28)40(2,38)39)10-15-8-9-31-24(15)36/h3-5,11,15-18,23,32H,6-10,12-13H2,1-2H3,(H,31,36)(H,33,37)/b21-11-/t15-,16-,17-,18-,23-/m0/s1. The van der Waals surface area contributed by atoms with Gasteiger partial charge >= 0.3 is 0 Å². The lowest BCUT2D eigenvalue weighted by molar-refractivity contribution is -0.193. The summed E-state index contributed by atoms with van der Waals surface area (Å²) in [5.41, 5.74) is 1.27. The summed E-state index contributed by atoms with van der Waals surface area (Å²) in [7, 11) is -4.26. The van der Waals surface area contributed by atoms with Crippen LogP contribution in [0, 0.1) is 18.8 Å². The number of carbonyl (C=O) groups excluding carboxylic acids is 3.